The van der Waals surface area contributed by atoms with E-state index in [2.05, 4.69) is 34.5 Å². The quantitative estimate of drug-likeness (QED) is 0.376. The summed E-state index contributed by atoms with van der Waals surface area (Å²) >= 11 is 12.4. The van der Waals surface area contributed by atoms with Crippen molar-refractivity contribution in [2.24, 2.45) is 0 Å². The van der Waals surface area contributed by atoms with Gasteiger partial charge in [0.2, 0.25) is 5.91 Å². The van der Waals surface area contributed by atoms with Crippen molar-refractivity contribution in [1.29, 1.82) is 0 Å². The van der Waals surface area contributed by atoms with Crippen LogP contribution < -0.4 is 19.7 Å². The van der Waals surface area contributed by atoms with E-state index in [-0.39, 0.29) is 29.5 Å². The van der Waals surface area contributed by atoms with Crippen LogP contribution in [0.4, 0.5) is 5.69 Å². The molecule has 0 aliphatic carbocycles. The summed E-state index contributed by atoms with van der Waals surface area (Å²) in [6.07, 6.45) is 2.29. The van der Waals surface area contributed by atoms with Gasteiger partial charge in [0.25, 0.3) is 5.91 Å². The largest absolute Gasteiger partial charge is 0.497 e. The van der Waals surface area contributed by atoms with Gasteiger partial charge in [0.05, 0.1) is 28.9 Å². The Kier molecular flexibility index (Phi) is 8.31. The summed E-state index contributed by atoms with van der Waals surface area (Å²) in [5.74, 6) is 0.642. The predicted octanol–water partition coefficient (Wildman–Crippen LogP) is 5.74. The van der Waals surface area contributed by atoms with Crippen LogP contribution >= 0.6 is 23.2 Å². The van der Waals surface area contributed by atoms with Gasteiger partial charge >= 0.3 is 0 Å². The number of hydrogen-bond donors (Lipinski definition) is 1. The van der Waals surface area contributed by atoms with E-state index in [1.54, 1.807) is 26.2 Å². The van der Waals surface area contributed by atoms with E-state index in [1.807, 2.05) is 24.3 Å². The van der Waals surface area contributed by atoms with Gasteiger partial charge in [-0.05, 0) is 67.7 Å². The number of ether oxygens (including phenoxy) is 2. The third-order valence-corrected chi connectivity index (χ3v) is 8.04. The van der Waals surface area contributed by atoms with Crippen LogP contribution in [-0.2, 0) is 9.59 Å². The molecule has 3 aromatic carbocycles. The number of halogens is 2. The number of fused-ring (bicyclic) bond motifs is 1. The van der Waals surface area contributed by atoms with Crippen molar-refractivity contribution in [3.8, 4) is 22.6 Å². The van der Waals surface area contributed by atoms with Gasteiger partial charge in [0, 0.05) is 12.6 Å². The van der Waals surface area contributed by atoms with E-state index >= 15 is 0 Å². The SMILES string of the molecule is COc1cccc(-c2ccc(C(CN3CCCC3)NC(=O)C(C)N3C(=O)COc4cc(Cl)c(Cl)cc43)cc2)c1. The molecular formula is C30H31Cl2N3O4. The lowest BCUT2D eigenvalue weighted by Crippen LogP contribution is -2.52. The second-order valence-electron chi connectivity index (χ2n) is 9.89. The molecule has 5 rings (SSSR count). The molecule has 39 heavy (non-hydrogen) atoms. The number of anilines is 1. The monoisotopic (exact) mass is 567 g/mol. The normalized spacial score (nSPS) is 16.8. The maximum absolute atomic E-state index is 13.6. The molecule has 1 saturated heterocycles. The Balaban J connectivity index is 1.38. The Morgan fingerprint density at radius 1 is 1.03 bits per heavy atom. The molecule has 204 valence electrons. The highest BCUT2D eigenvalue weighted by Gasteiger charge is 2.35. The highest BCUT2D eigenvalue weighted by atomic mass is 35.5. The molecule has 2 heterocycles. The van der Waals surface area contributed by atoms with Crippen molar-refractivity contribution in [1.82, 2.24) is 10.2 Å². The molecule has 0 saturated carbocycles. The summed E-state index contributed by atoms with van der Waals surface area (Å²) in [5, 5.41) is 3.83. The van der Waals surface area contributed by atoms with Crippen LogP contribution in [0.2, 0.25) is 10.0 Å². The Labute approximate surface area is 238 Å². The fourth-order valence-electron chi connectivity index (χ4n) is 5.17. The van der Waals surface area contributed by atoms with Crippen LogP contribution in [0.25, 0.3) is 11.1 Å². The van der Waals surface area contributed by atoms with Crippen molar-refractivity contribution in [2.45, 2.75) is 31.8 Å². The van der Waals surface area contributed by atoms with Crippen molar-refractivity contribution < 1.29 is 19.1 Å². The van der Waals surface area contributed by atoms with E-state index < -0.39 is 6.04 Å². The summed E-state index contributed by atoms with van der Waals surface area (Å²) in [6.45, 7) is 4.22. The molecule has 7 nitrogen and oxygen atoms in total. The van der Waals surface area contributed by atoms with Crippen LogP contribution in [0.1, 0.15) is 31.4 Å². The number of benzene rings is 3. The Hall–Kier alpha value is -3.26. The Morgan fingerprint density at radius 2 is 1.74 bits per heavy atom. The topological polar surface area (TPSA) is 71.1 Å². The molecule has 0 radical (unpaired) electrons. The van der Waals surface area contributed by atoms with Gasteiger partial charge in [-0.1, -0.05) is 59.6 Å². The minimum Gasteiger partial charge on any atom is -0.497 e. The Morgan fingerprint density at radius 3 is 2.46 bits per heavy atom. The fourth-order valence-corrected chi connectivity index (χ4v) is 5.48. The molecule has 0 spiro atoms. The minimum atomic E-state index is -0.783. The zero-order valence-corrected chi connectivity index (χ0v) is 23.5. The molecule has 2 aliphatic heterocycles. The number of methoxy groups -OCH3 is 1. The Bertz CT molecular complexity index is 1360. The number of hydrogen-bond acceptors (Lipinski definition) is 5. The summed E-state index contributed by atoms with van der Waals surface area (Å²) in [6, 6.07) is 18.3. The summed E-state index contributed by atoms with van der Waals surface area (Å²) in [4.78, 5) is 30.3. The van der Waals surface area contributed by atoms with Crippen LogP contribution in [0.15, 0.2) is 60.7 Å². The van der Waals surface area contributed by atoms with Crippen LogP contribution in [-0.4, -0.2) is 56.1 Å². The van der Waals surface area contributed by atoms with Gasteiger partial charge < -0.3 is 19.7 Å². The first-order valence-corrected chi connectivity index (χ1v) is 13.8. The molecule has 0 bridgehead atoms. The van der Waals surface area contributed by atoms with Crippen LogP contribution in [0.5, 0.6) is 11.5 Å². The average molecular weight is 569 g/mol. The van der Waals surface area contributed by atoms with Gasteiger partial charge in [0.15, 0.2) is 6.61 Å². The second-order valence-corrected chi connectivity index (χ2v) is 10.7. The summed E-state index contributed by atoms with van der Waals surface area (Å²) in [5.41, 5.74) is 3.54. The third-order valence-electron chi connectivity index (χ3n) is 7.32. The van der Waals surface area contributed by atoms with E-state index in [0.29, 0.717) is 23.0 Å². The van der Waals surface area contributed by atoms with Gasteiger partial charge in [-0.3, -0.25) is 14.5 Å². The van der Waals surface area contributed by atoms with E-state index in [0.717, 1.165) is 48.4 Å². The smallest absolute Gasteiger partial charge is 0.265 e. The van der Waals surface area contributed by atoms with Crippen molar-refractivity contribution in [3.63, 3.8) is 0 Å². The summed E-state index contributed by atoms with van der Waals surface area (Å²) in [7, 11) is 1.65. The molecule has 2 aliphatic rings. The molecule has 2 amide bonds. The molecule has 9 heteroatoms. The predicted molar refractivity (Wildman–Crippen MR) is 154 cm³/mol. The highest BCUT2D eigenvalue weighted by Crippen LogP contribution is 2.39. The maximum atomic E-state index is 13.6. The van der Waals surface area contributed by atoms with E-state index in [4.69, 9.17) is 32.7 Å². The number of likely N-dealkylation sites (tertiary alicyclic amines) is 1. The standard InChI is InChI=1S/C30H31Cl2N3O4/c1-19(35-27-15-24(31)25(32)16-28(27)39-18-29(35)36)30(37)33-26(17-34-12-3-4-13-34)21-10-8-20(9-11-21)22-6-5-7-23(14-22)38-2/h5-11,14-16,19,26H,3-4,12-13,17-18H2,1-2H3,(H,33,37). The van der Waals surface area contributed by atoms with Gasteiger partial charge in [0.1, 0.15) is 17.5 Å². The van der Waals surface area contributed by atoms with Gasteiger partial charge in [-0.25, -0.2) is 0 Å². The number of nitrogens with zero attached hydrogens (tertiary/aromatic N) is 2. The molecule has 1 N–H and O–H groups in total. The van der Waals surface area contributed by atoms with Crippen molar-refractivity contribution >= 4 is 40.7 Å². The number of rotatable bonds is 8. The van der Waals surface area contributed by atoms with E-state index in [1.165, 1.54) is 4.90 Å². The zero-order chi connectivity index (χ0) is 27.5. The van der Waals surface area contributed by atoms with Crippen LogP contribution in [0.3, 0.4) is 0 Å². The summed E-state index contributed by atoms with van der Waals surface area (Å²) < 4.78 is 10.9. The van der Waals surface area contributed by atoms with Crippen molar-refractivity contribution in [3.05, 3.63) is 76.3 Å². The lowest BCUT2D eigenvalue weighted by Gasteiger charge is -2.34. The third kappa shape index (κ3) is 6.01. The average Bonchev–Trinajstić information content (AvgIpc) is 3.46. The lowest BCUT2D eigenvalue weighted by atomic mass is 10.00. The molecule has 1 fully saturated rings. The van der Waals surface area contributed by atoms with Gasteiger partial charge in [-0.15, -0.1) is 0 Å². The number of nitrogens with one attached hydrogen (secondary N) is 1. The number of amides is 2. The molecule has 0 aromatic heterocycles. The first-order valence-electron chi connectivity index (χ1n) is 13.0. The van der Waals surface area contributed by atoms with E-state index in [9.17, 15) is 9.59 Å². The zero-order valence-electron chi connectivity index (χ0n) is 22.0. The number of carbonyl (C=O) groups is 2. The molecule has 3 aromatic rings. The van der Waals surface area contributed by atoms with Crippen LogP contribution in [0, 0.1) is 0 Å². The highest BCUT2D eigenvalue weighted by molar-refractivity contribution is 6.42. The first kappa shape index (κ1) is 27.3. The second kappa shape index (κ2) is 11.9. The lowest BCUT2D eigenvalue weighted by molar-refractivity contribution is -0.128. The fraction of sp³-hybridized carbons (Fsp3) is 0.333. The van der Waals surface area contributed by atoms with Gasteiger partial charge in [-0.2, -0.15) is 0 Å². The molecule has 2 atom stereocenters. The van der Waals surface area contributed by atoms with Crippen molar-refractivity contribution in [2.75, 3.05) is 38.3 Å². The molecule has 2 unspecified atom stereocenters. The minimum absolute atomic E-state index is 0.175. The number of carbonyl (C=O) groups excluding carboxylic acids is 2. The first-order chi connectivity index (χ1) is 18.8. The molecular weight excluding hydrogens is 537 g/mol. The maximum Gasteiger partial charge on any atom is 0.265 e.